The summed E-state index contributed by atoms with van der Waals surface area (Å²) in [7, 11) is 0. The van der Waals surface area contributed by atoms with E-state index in [0.717, 1.165) is 37.0 Å². The lowest BCUT2D eigenvalue weighted by molar-refractivity contribution is 0.481. The summed E-state index contributed by atoms with van der Waals surface area (Å²) in [6, 6.07) is 0.498. The lowest BCUT2D eigenvalue weighted by Gasteiger charge is -2.36. The van der Waals surface area contributed by atoms with E-state index in [2.05, 4.69) is 54.4 Å². The summed E-state index contributed by atoms with van der Waals surface area (Å²) in [6.07, 6.45) is 5.39. The van der Waals surface area contributed by atoms with Crippen LogP contribution in [0.4, 0.5) is 17.3 Å². The van der Waals surface area contributed by atoms with Gasteiger partial charge >= 0.3 is 0 Å². The molecule has 2 heterocycles. The van der Waals surface area contributed by atoms with Crippen LogP contribution >= 0.6 is 0 Å². The molecule has 1 saturated heterocycles. The maximum Gasteiger partial charge on any atom is 0.157 e. The van der Waals surface area contributed by atoms with Crippen LogP contribution in [0.3, 0.4) is 0 Å². The molecule has 0 aliphatic carbocycles. The monoisotopic (exact) mass is 319 g/mol. The number of nitrogens with two attached hydrogens (primary N) is 1. The predicted octanol–water partition coefficient (Wildman–Crippen LogP) is 3.56. The molecule has 0 radical (unpaired) electrons. The second-order valence-corrected chi connectivity index (χ2v) is 7.67. The van der Waals surface area contributed by atoms with Gasteiger partial charge in [-0.25, -0.2) is 9.97 Å². The minimum Gasteiger partial charge on any atom is -0.393 e. The second kappa shape index (κ2) is 7.84. The highest BCUT2D eigenvalue weighted by Crippen LogP contribution is 2.33. The van der Waals surface area contributed by atoms with E-state index in [4.69, 9.17) is 5.73 Å². The second-order valence-electron chi connectivity index (χ2n) is 7.67. The molecule has 1 atom stereocenters. The van der Waals surface area contributed by atoms with Crippen LogP contribution in [-0.4, -0.2) is 35.6 Å². The predicted molar refractivity (Wildman–Crippen MR) is 99.0 cm³/mol. The Morgan fingerprint density at radius 1 is 1.17 bits per heavy atom. The van der Waals surface area contributed by atoms with Crippen molar-refractivity contribution in [3.8, 4) is 0 Å². The standard InChI is InChI=1S/C18H33N5/c1-13(2)10-22(11-14(3)4)17-16(19)18(21-12-20-17)23-9-7-6-8-15(23)5/h12-15H,6-11,19H2,1-5H3. The van der Waals surface area contributed by atoms with E-state index in [1.165, 1.54) is 19.3 Å². The maximum absolute atomic E-state index is 6.52. The quantitative estimate of drug-likeness (QED) is 0.869. The molecule has 1 unspecified atom stereocenters. The van der Waals surface area contributed by atoms with Crippen LogP contribution in [0.15, 0.2) is 6.33 Å². The van der Waals surface area contributed by atoms with Gasteiger partial charge < -0.3 is 15.5 Å². The number of nitrogens with zero attached hydrogens (tertiary/aromatic N) is 4. The summed E-state index contributed by atoms with van der Waals surface area (Å²) in [5.41, 5.74) is 7.26. The molecule has 2 rings (SSSR count). The van der Waals surface area contributed by atoms with Gasteiger partial charge in [0.1, 0.15) is 12.0 Å². The molecule has 0 aromatic carbocycles. The number of hydrogen-bond acceptors (Lipinski definition) is 5. The lowest BCUT2D eigenvalue weighted by Crippen LogP contribution is -2.39. The Bertz CT molecular complexity index is 490. The van der Waals surface area contributed by atoms with E-state index in [9.17, 15) is 0 Å². The number of rotatable bonds is 6. The van der Waals surface area contributed by atoms with E-state index in [1.807, 2.05) is 0 Å². The van der Waals surface area contributed by atoms with E-state index < -0.39 is 0 Å². The Labute approximate surface area is 141 Å². The minimum atomic E-state index is 0.498. The van der Waals surface area contributed by atoms with Gasteiger partial charge in [0.15, 0.2) is 11.6 Å². The molecule has 0 saturated carbocycles. The first-order valence-electron chi connectivity index (χ1n) is 9.02. The van der Waals surface area contributed by atoms with E-state index in [-0.39, 0.29) is 0 Å². The van der Waals surface area contributed by atoms with Crippen LogP contribution < -0.4 is 15.5 Å². The van der Waals surface area contributed by atoms with Gasteiger partial charge in [-0.05, 0) is 38.0 Å². The lowest BCUT2D eigenvalue weighted by atomic mass is 10.0. The van der Waals surface area contributed by atoms with Gasteiger partial charge in [-0.3, -0.25) is 0 Å². The normalized spacial score (nSPS) is 18.7. The zero-order chi connectivity index (χ0) is 17.0. The van der Waals surface area contributed by atoms with Gasteiger partial charge in [0, 0.05) is 25.7 Å². The van der Waals surface area contributed by atoms with Gasteiger partial charge in [-0.1, -0.05) is 27.7 Å². The number of hydrogen-bond donors (Lipinski definition) is 1. The summed E-state index contributed by atoms with van der Waals surface area (Å²) < 4.78 is 0. The first-order valence-corrected chi connectivity index (χ1v) is 9.02. The fraction of sp³-hybridized carbons (Fsp3) is 0.778. The molecule has 0 spiro atoms. The molecule has 1 aliphatic heterocycles. The molecular weight excluding hydrogens is 286 g/mol. The highest BCUT2D eigenvalue weighted by molar-refractivity contribution is 5.76. The fourth-order valence-electron chi connectivity index (χ4n) is 3.40. The molecule has 130 valence electrons. The van der Waals surface area contributed by atoms with Crippen molar-refractivity contribution in [2.24, 2.45) is 11.8 Å². The molecule has 5 nitrogen and oxygen atoms in total. The SMILES string of the molecule is CC(C)CN(CC(C)C)c1ncnc(N2CCCCC2C)c1N. The smallest absolute Gasteiger partial charge is 0.157 e. The Kier molecular flexibility index (Phi) is 6.08. The van der Waals surface area contributed by atoms with Crippen molar-refractivity contribution in [3.63, 3.8) is 0 Å². The number of aromatic nitrogens is 2. The first-order chi connectivity index (χ1) is 10.9. The van der Waals surface area contributed by atoms with Gasteiger partial charge in [0.2, 0.25) is 0 Å². The van der Waals surface area contributed by atoms with E-state index in [1.54, 1.807) is 6.33 Å². The molecule has 1 aromatic rings. The summed E-state index contributed by atoms with van der Waals surface area (Å²) in [4.78, 5) is 13.7. The van der Waals surface area contributed by atoms with Crippen molar-refractivity contribution in [1.82, 2.24) is 9.97 Å². The number of nitrogen functional groups attached to an aromatic ring is 1. The van der Waals surface area contributed by atoms with Crippen LogP contribution in [0, 0.1) is 11.8 Å². The molecule has 0 amide bonds. The largest absolute Gasteiger partial charge is 0.393 e. The van der Waals surface area contributed by atoms with Crippen molar-refractivity contribution < 1.29 is 0 Å². The van der Waals surface area contributed by atoms with Crippen molar-refractivity contribution in [2.75, 3.05) is 35.2 Å². The topological polar surface area (TPSA) is 58.3 Å². The third-order valence-electron chi connectivity index (χ3n) is 4.39. The van der Waals surface area contributed by atoms with Crippen molar-refractivity contribution >= 4 is 17.3 Å². The minimum absolute atomic E-state index is 0.498. The summed E-state index contributed by atoms with van der Waals surface area (Å²) >= 11 is 0. The van der Waals surface area contributed by atoms with Gasteiger partial charge in [0.25, 0.3) is 0 Å². The Morgan fingerprint density at radius 3 is 2.39 bits per heavy atom. The van der Waals surface area contributed by atoms with E-state index in [0.29, 0.717) is 17.9 Å². The van der Waals surface area contributed by atoms with E-state index >= 15 is 0 Å². The van der Waals surface area contributed by atoms with Crippen LogP contribution in [0.5, 0.6) is 0 Å². The maximum atomic E-state index is 6.52. The first kappa shape index (κ1) is 17.8. The zero-order valence-corrected chi connectivity index (χ0v) is 15.4. The Morgan fingerprint density at radius 2 is 1.83 bits per heavy atom. The van der Waals surface area contributed by atoms with Crippen molar-refractivity contribution in [2.45, 2.75) is 59.9 Å². The van der Waals surface area contributed by atoms with Crippen molar-refractivity contribution in [1.29, 1.82) is 0 Å². The molecule has 23 heavy (non-hydrogen) atoms. The van der Waals surface area contributed by atoms with Gasteiger partial charge in [-0.15, -0.1) is 0 Å². The molecule has 1 aliphatic rings. The van der Waals surface area contributed by atoms with Crippen LogP contribution in [0.1, 0.15) is 53.9 Å². The summed E-state index contributed by atoms with van der Waals surface area (Å²) in [6.45, 7) is 14.2. The molecule has 0 bridgehead atoms. The number of anilines is 3. The highest BCUT2D eigenvalue weighted by atomic mass is 15.3. The zero-order valence-electron chi connectivity index (χ0n) is 15.4. The molecule has 1 aromatic heterocycles. The Hall–Kier alpha value is -1.52. The highest BCUT2D eigenvalue weighted by Gasteiger charge is 2.25. The molecule has 5 heteroatoms. The third-order valence-corrected chi connectivity index (χ3v) is 4.39. The molecule has 2 N–H and O–H groups in total. The summed E-state index contributed by atoms with van der Waals surface area (Å²) in [5, 5.41) is 0. The molecule has 1 fully saturated rings. The van der Waals surface area contributed by atoms with Crippen LogP contribution in [0.25, 0.3) is 0 Å². The third kappa shape index (κ3) is 4.49. The van der Waals surface area contributed by atoms with Crippen LogP contribution in [-0.2, 0) is 0 Å². The summed E-state index contributed by atoms with van der Waals surface area (Å²) in [5.74, 6) is 2.95. The average Bonchev–Trinajstić information content (AvgIpc) is 2.47. The van der Waals surface area contributed by atoms with Gasteiger partial charge in [-0.2, -0.15) is 0 Å². The number of piperidine rings is 1. The average molecular weight is 319 g/mol. The van der Waals surface area contributed by atoms with Crippen molar-refractivity contribution in [3.05, 3.63) is 6.33 Å². The van der Waals surface area contributed by atoms with Gasteiger partial charge in [0.05, 0.1) is 0 Å². The Balaban J connectivity index is 2.32. The van der Waals surface area contributed by atoms with Crippen LogP contribution in [0.2, 0.25) is 0 Å². The fourth-order valence-corrected chi connectivity index (χ4v) is 3.40. The molecular formula is C18H33N5.